The maximum absolute atomic E-state index is 12.3. The molecule has 0 fully saturated rings. The van der Waals surface area contributed by atoms with Crippen LogP contribution in [0.3, 0.4) is 0 Å². The van der Waals surface area contributed by atoms with Crippen LogP contribution in [0.2, 0.25) is 0 Å². The van der Waals surface area contributed by atoms with E-state index in [4.69, 9.17) is 0 Å². The Balaban J connectivity index is 1.38. The van der Waals surface area contributed by atoms with E-state index in [1.807, 2.05) is 17.5 Å². The van der Waals surface area contributed by atoms with Gasteiger partial charge in [0.1, 0.15) is 0 Å². The van der Waals surface area contributed by atoms with E-state index in [1.165, 1.54) is 16.7 Å². The second kappa shape index (κ2) is 9.35. The molecular weight excluding hydrogens is 402 g/mol. The molecule has 0 unspecified atom stereocenters. The summed E-state index contributed by atoms with van der Waals surface area (Å²) in [5.74, 6) is -1.18. The minimum absolute atomic E-state index is 0.0450. The van der Waals surface area contributed by atoms with Gasteiger partial charge < -0.3 is 10.6 Å². The average Bonchev–Trinajstić information content (AvgIpc) is 3.46. The lowest BCUT2D eigenvalue weighted by Gasteiger charge is -2.35. The first-order chi connectivity index (χ1) is 14.2. The second-order valence-corrected chi connectivity index (χ2v) is 8.85. The highest BCUT2D eigenvalue weighted by Gasteiger charge is 2.26. The molecule has 1 aliphatic rings. The van der Waals surface area contributed by atoms with Crippen LogP contribution in [0.4, 0.5) is 0 Å². The van der Waals surface area contributed by atoms with Gasteiger partial charge in [0.25, 0.3) is 0 Å². The maximum atomic E-state index is 12.3. The monoisotopic (exact) mass is 425 g/mol. The molecule has 7 heteroatoms. The first-order valence-corrected chi connectivity index (χ1v) is 11.4. The van der Waals surface area contributed by atoms with Gasteiger partial charge in [0, 0.05) is 24.5 Å². The lowest BCUT2D eigenvalue weighted by Crippen LogP contribution is -2.44. The van der Waals surface area contributed by atoms with E-state index < -0.39 is 11.8 Å². The van der Waals surface area contributed by atoms with Gasteiger partial charge in [-0.25, -0.2) is 0 Å². The highest BCUT2D eigenvalue weighted by Crippen LogP contribution is 2.28. The molecule has 2 aromatic heterocycles. The Morgan fingerprint density at radius 2 is 1.83 bits per heavy atom. The number of amides is 2. The first-order valence-electron chi connectivity index (χ1n) is 9.62. The van der Waals surface area contributed by atoms with Gasteiger partial charge in [-0.15, -0.1) is 11.3 Å². The number of thiophene rings is 2. The van der Waals surface area contributed by atoms with Crippen molar-refractivity contribution in [3.8, 4) is 0 Å². The average molecular weight is 426 g/mol. The van der Waals surface area contributed by atoms with Crippen molar-refractivity contribution in [3.05, 3.63) is 80.2 Å². The number of hydrogen-bond acceptors (Lipinski definition) is 5. The number of rotatable bonds is 6. The minimum Gasteiger partial charge on any atom is -0.346 e. The van der Waals surface area contributed by atoms with E-state index in [-0.39, 0.29) is 6.04 Å². The molecule has 1 aliphatic heterocycles. The summed E-state index contributed by atoms with van der Waals surface area (Å²) in [5, 5.41) is 11.6. The quantitative estimate of drug-likeness (QED) is 0.596. The van der Waals surface area contributed by atoms with E-state index >= 15 is 0 Å². The van der Waals surface area contributed by atoms with E-state index in [2.05, 4.69) is 56.6 Å². The number of carbonyl (C=O) groups excluding carboxylic acids is 2. The van der Waals surface area contributed by atoms with Crippen LogP contribution >= 0.6 is 22.7 Å². The summed E-state index contributed by atoms with van der Waals surface area (Å²) in [6.07, 6.45) is 0.992. The van der Waals surface area contributed by atoms with Gasteiger partial charge in [0.15, 0.2) is 0 Å². The Labute approximate surface area is 178 Å². The Bertz CT molecular complexity index is 954. The van der Waals surface area contributed by atoms with Gasteiger partial charge in [0.2, 0.25) is 0 Å². The maximum Gasteiger partial charge on any atom is 0.309 e. The molecule has 2 amide bonds. The van der Waals surface area contributed by atoms with Crippen molar-refractivity contribution in [1.29, 1.82) is 0 Å². The van der Waals surface area contributed by atoms with Crippen molar-refractivity contribution in [2.45, 2.75) is 25.6 Å². The summed E-state index contributed by atoms with van der Waals surface area (Å²) >= 11 is 3.20. The van der Waals surface area contributed by atoms with Crippen molar-refractivity contribution < 1.29 is 9.59 Å². The predicted molar refractivity (Wildman–Crippen MR) is 117 cm³/mol. The van der Waals surface area contributed by atoms with Gasteiger partial charge in [-0.2, -0.15) is 11.3 Å². The van der Waals surface area contributed by atoms with E-state index in [1.54, 1.807) is 22.7 Å². The van der Waals surface area contributed by atoms with Crippen LogP contribution in [0.5, 0.6) is 0 Å². The molecule has 3 aromatic rings. The fraction of sp³-hybridized carbons (Fsp3) is 0.273. The normalized spacial score (nSPS) is 14.8. The number of nitrogens with zero attached hydrogens (tertiary/aromatic N) is 1. The van der Waals surface area contributed by atoms with Crippen LogP contribution in [0.1, 0.15) is 27.6 Å². The number of carbonyl (C=O) groups is 2. The van der Waals surface area contributed by atoms with Gasteiger partial charge in [-0.1, -0.05) is 30.3 Å². The SMILES string of the molecule is O=C(NCc1cccs1)C(=O)NC[C@@H](c1ccsc1)N1CCc2ccccc2C1. The molecular formula is C22H23N3O2S2. The van der Waals surface area contributed by atoms with Crippen molar-refractivity contribution in [2.75, 3.05) is 13.1 Å². The summed E-state index contributed by atoms with van der Waals surface area (Å²) < 4.78 is 0. The molecule has 0 spiro atoms. The summed E-state index contributed by atoms with van der Waals surface area (Å²) in [4.78, 5) is 27.9. The zero-order chi connectivity index (χ0) is 20.1. The minimum atomic E-state index is -0.591. The topological polar surface area (TPSA) is 61.4 Å². The van der Waals surface area contributed by atoms with E-state index in [9.17, 15) is 9.59 Å². The third-order valence-electron chi connectivity index (χ3n) is 5.19. The number of benzene rings is 1. The lowest BCUT2D eigenvalue weighted by molar-refractivity contribution is -0.139. The molecule has 1 atom stereocenters. The molecule has 4 rings (SSSR count). The lowest BCUT2D eigenvalue weighted by atomic mass is 9.97. The molecule has 0 saturated carbocycles. The Morgan fingerprint density at radius 3 is 2.59 bits per heavy atom. The highest BCUT2D eigenvalue weighted by molar-refractivity contribution is 7.09. The molecule has 1 aromatic carbocycles. The second-order valence-electron chi connectivity index (χ2n) is 7.03. The van der Waals surface area contributed by atoms with Gasteiger partial charge in [0.05, 0.1) is 12.6 Å². The molecule has 0 bridgehead atoms. The molecule has 29 heavy (non-hydrogen) atoms. The fourth-order valence-corrected chi connectivity index (χ4v) is 4.99. The van der Waals surface area contributed by atoms with Crippen LogP contribution < -0.4 is 10.6 Å². The molecule has 5 nitrogen and oxygen atoms in total. The van der Waals surface area contributed by atoms with Crippen molar-refractivity contribution in [3.63, 3.8) is 0 Å². The number of fused-ring (bicyclic) bond motifs is 1. The summed E-state index contributed by atoms with van der Waals surface area (Å²) in [5.41, 5.74) is 3.90. The van der Waals surface area contributed by atoms with Crippen molar-refractivity contribution in [2.24, 2.45) is 0 Å². The van der Waals surface area contributed by atoms with E-state index in [0.29, 0.717) is 13.1 Å². The molecule has 3 heterocycles. The van der Waals surface area contributed by atoms with Gasteiger partial charge in [-0.3, -0.25) is 14.5 Å². The third kappa shape index (κ3) is 4.93. The number of hydrogen-bond donors (Lipinski definition) is 2. The number of nitrogens with one attached hydrogen (secondary N) is 2. The van der Waals surface area contributed by atoms with Crippen LogP contribution in [0.25, 0.3) is 0 Å². The van der Waals surface area contributed by atoms with Crippen LogP contribution in [0, 0.1) is 0 Å². The van der Waals surface area contributed by atoms with Gasteiger partial charge >= 0.3 is 11.8 Å². The van der Waals surface area contributed by atoms with Crippen molar-refractivity contribution in [1.82, 2.24) is 15.5 Å². The molecule has 0 radical (unpaired) electrons. The molecule has 150 valence electrons. The first kappa shape index (κ1) is 19.8. The molecule has 0 aliphatic carbocycles. The van der Waals surface area contributed by atoms with Crippen LogP contribution in [0.15, 0.2) is 58.6 Å². The predicted octanol–water partition coefficient (Wildman–Crippen LogP) is 3.34. The highest BCUT2D eigenvalue weighted by atomic mass is 32.1. The van der Waals surface area contributed by atoms with Gasteiger partial charge in [-0.05, 0) is 51.4 Å². The Hall–Kier alpha value is -2.48. The van der Waals surface area contributed by atoms with Crippen molar-refractivity contribution >= 4 is 34.5 Å². The summed E-state index contributed by atoms with van der Waals surface area (Å²) in [7, 11) is 0. The zero-order valence-corrected chi connectivity index (χ0v) is 17.6. The van der Waals surface area contributed by atoms with Crippen LogP contribution in [-0.4, -0.2) is 29.8 Å². The summed E-state index contributed by atoms with van der Waals surface area (Å²) in [6, 6.07) is 14.5. The molecule has 2 N–H and O–H groups in total. The van der Waals surface area contributed by atoms with E-state index in [0.717, 1.165) is 24.4 Å². The Kier molecular flexibility index (Phi) is 6.39. The third-order valence-corrected chi connectivity index (χ3v) is 6.77. The fourth-order valence-electron chi connectivity index (χ4n) is 3.64. The zero-order valence-electron chi connectivity index (χ0n) is 16.0. The standard InChI is InChI=1S/C22H23N3O2S2/c26-21(23-12-19-6-3-10-29-19)22(27)24-13-20(18-8-11-28-15-18)25-9-7-16-4-1-2-5-17(16)14-25/h1-6,8,10-11,15,20H,7,9,12-14H2,(H,23,26)(H,24,27)/t20-/m0/s1. The smallest absolute Gasteiger partial charge is 0.309 e. The van der Waals surface area contributed by atoms with Crippen LogP contribution in [-0.2, 0) is 29.1 Å². The Morgan fingerprint density at radius 1 is 1.00 bits per heavy atom. The largest absolute Gasteiger partial charge is 0.346 e. The summed E-state index contributed by atoms with van der Waals surface area (Å²) in [6.45, 7) is 2.56. The molecule has 0 saturated heterocycles.